The molecule has 0 radical (unpaired) electrons. The number of hydrogen-bond acceptors (Lipinski definition) is 2. The van der Waals surface area contributed by atoms with Gasteiger partial charge in [-0.05, 0) is 36.4 Å². The van der Waals surface area contributed by atoms with Crippen LogP contribution in [0, 0.1) is 5.82 Å². The van der Waals surface area contributed by atoms with Gasteiger partial charge >= 0.3 is 0 Å². The topological polar surface area (TPSA) is 39.3 Å². The van der Waals surface area contributed by atoms with Gasteiger partial charge in [-0.25, -0.2) is 4.39 Å². The summed E-state index contributed by atoms with van der Waals surface area (Å²) >= 11 is 0. The number of aromatic nitrogens is 1. The molecule has 2 heterocycles. The summed E-state index contributed by atoms with van der Waals surface area (Å²) in [6.07, 6.45) is 2.32. The highest BCUT2D eigenvalue weighted by Crippen LogP contribution is 2.25. The summed E-state index contributed by atoms with van der Waals surface area (Å²) in [6, 6.07) is 14.7. The molecule has 1 aliphatic heterocycles. The number of hydrogen-bond donors (Lipinski definition) is 1. The molecule has 26 heavy (non-hydrogen) atoms. The molecule has 1 aliphatic rings. The first-order valence-electron chi connectivity index (χ1n) is 8.90. The number of rotatable bonds is 3. The molecule has 2 aromatic carbocycles. The Morgan fingerprint density at radius 3 is 2.73 bits per heavy atom. The first-order valence-corrected chi connectivity index (χ1v) is 8.90. The molecule has 0 spiro atoms. The van der Waals surface area contributed by atoms with Crippen molar-refractivity contribution in [2.24, 2.45) is 0 Å². The minimum atomic E-state index is -0.237. The Kier molecular flexibility index (Phi) is 4.47. The fourth-order valence-corrected chi connectivity index (χ4v) is 3.70. The largest absolute Gasteiger partial charge is 0.361 e. The molecule has 3 aromatic rings. The summed E-state index contributed by atoms with van der Waals surface area (Å²) < 4.78 is 13.2. The average molecular weight is 351 g/mol. The summed E-state index contributed by atoms with van der Waals surface area (Å²) in [5.41, 5.74) is 3.12. The van der Waals surface area contributed by atoms with Gasteiger partial charge in [0, 0.05) is 36.7 Å². The molecule has 134 valence electrons. The van der Waals surface area contributed by atoms with E-state index in [-0.39, 0.29) is 17.8 Å². The molecule has 1 N–H and O–H groups in total. The van der Waals surface area contributed by atoms with Gasteiger partial charge in [0.15, 0.2) is 0 Å². The van der Waals surface area contributed by atoms with Gasteiger partial charge in [0.2, 0.25) is 5.91 Å². The van der Waals surface area contributed by atoms with Crippen molar-refractivity contribution in [2.75, 3.05) is 26.7 Å². The number of fused-ring (bicyclic) bond motifs is 1. The van der Waals surface area contributed by atoms with Crippen LogP contribution in [0.1, 0.15) is 17.2 Å². The summed E-state index contributed by atoms with van der Waals surface area (Å²) in [7, 11) is 2.05. The minimum absolute atomic E-state index is 0.0938. The molecule has 1 atom stereocenters. The van der Waals surface area contributed by atoms with Crippen LogP contribution in [0.2, 0.25) is 0 Å². The Hall–Kier alpha value is -2.66. The van der Waals surface area contributed by atoms with Crippen LogP contribution >= 0.6 is 0 Å². The Labute approximate surface area is 152 Å². The molecule has 4 nitrogen and oxygen atoms in total. The quantitative estimate of drug-likeness (QED) is 0.786. The third kappa shape index (κ3) is 3.22. The van der Waals surface area contributed by atoms with E-state index in [1.54, 1.807) is 0 Å². The highest BCUT2D eigenvalue weighted by Gasteiger charge is 2.28. The third-order valence-electron chi connectivity index (χ3n) is 5.27. The average Bonchev–Trinajstić information content (AvgIpc) is 3.06. The lowest BCUT2D eigenvalue weighted by Crippen LogP contribution is -2.49. The molecular weight excluding hydrogens is 329 g/mol. The third-order valence-corrected chi connectivity index (χ3v) is 5.27. The number of aromatic amines is 1. The zero-order chi connectivity index (χ0) is 18.1. The van der Waals surface area contributed by atoms with Crippen molar-refractivity contribution in [3.63, 3.8) is 0 Å². The molecule has 1 fully saturated rings. The first kappa shape index (κ1) is 16.8. The minimum Gasteiger partial charge on any atom is -0.361 e. The van der Waals surface area contributed by atoms with Gasteiger partial charge in [-0.1, -0.05) is 30.3 Å². The van der Waals surface area contributed by atoms with Crippen molar-refractivity contribution in [1.29, 1.82) is 0 Å². The molecule has 0 aliphatic carbocycles. The van der Waals surface area contributed by atoms with Gasteiger partial charge in [-0.3, -0.25) is 9.69 Å². The molecular formula is C21H22FN3O. The van der Waals surface area contributed by atoms with Crippen LogP contribution in [-0.4, -0.2) is 47.4 Å². The summed E-state index contributed by atoms with van der Waals surface area (Å²) in [5.74, 6) is -0.102. The molecule has 1 aromatic heterocycles. The Morgan fingerprint density at radius 1 is 1.15 bits per heavy atom. The van der Waals surface area contributed by atoms with E-state index in [2.05, 4.69) is 16.9 Å². The molecule has 1 saturated heterocycles. The summed E-state index contributed by atoms with van der Waals surface area (Å²) in [6.45, 7) is 2.15. The van der Waals surface area contributed by atoms with E-state index in [0.29, 0.717) is 13.0 Å². The predicted molar refractivity (Wildman–Crippen MR) is 100 cm³/mol. The Morgan fingerprint density at radius 2 is 1.92 bits per heavy atom. The number of benzene rings is 2. The molecule has 5 heteroatoms. The van der Waals surface area contributed by atoms with Crippen LogP contribution < -0.4 is 0 Å². The number of para-hydroxylation sites is 1. The second-order valence-electron chi connectivity index (χ2n) is 6.92. The maximum Gasteiger partial charge on any atom is 0.227 e. The van der Waals surface area contributed by atoms with Crippen molar-refractivity contribution in [2.45, 2.75) is 12.5 Å². The highest BCUT2D eigenvalue weighted by molar-refractivity contribution is 5.88. The van der Waals surface area contributed by atoms with Gasteiger partial charge < -0.3 is 9.88 Å². The smallest absolute Gasteiger partial charge is 0.227 e. The van der Waals surface area contributed by atoms with Crippen molar-refractivity contribution in [1.82, 2.24) is 14.8 Å². The number of nitrogens with zero attached hydrogens (tertiary/aromatic N) is 2. The lowest BCUT2D eigenvalue weighted by atomic mass is 10.0. The second kappa shape index (κ2) is 6.92. The maximum atomic E-state index is 13.2. The number of likely N-dealkylation sites (N-methyl/N-ethyl adjacent to an activating group) is 1. The number of carbonyl (C=O) groups excluding carboxylic acids is 1. The fourth-order valence-electron chi connectivity index (χ4n) is 3.70. The normalized spacial score (nSPS) is 18.4. The molecule has 1 unspecified atom stereocenters. The molecule has 1 amide bonds. The predicted octanol–water partition coefficient (Wildman–Crippen LogP) is 3.36. The van der Waals surface area contributed by atoms with Crippen molar-refractivity contribution < 1.29 is 9.18 Å². The number of amides is 1. The molecule has 0 bridgehead atoms. The second-order valence-corrected chi connectivity index (χ2v) is 6.92. The van der Waals surface area contributed by atoms with E-state index in [0.717, 1.165) is 35.1 Å². The van der Waals surface area contributed by atoms with Crippen molar-refractivity contribution >= 4 is 16.8 Å². The van der Waals surface area contributed by atoms with E-state index in [1.165, 1.54) is 12.1 Å². The number of piperazine rings is 1. The van der Waals surface area contributed by atoms with E-state index in [1.807, 2.05) is 47.5 Å². The maximum absolute atomic E-state index is 13.2. The van der Waals surface area contributed by atoms with Gasteiger partial charge in [0.05, 0.1) is 12.5 Å². The van der Waals surface area contributed by atoms with Crippen LogP contribution in [0.3, 0.4) is 0 Å². The Balaban J connectivity index is 1.50. The number of H-pyrrole nitrogens is 1. The monoisotopic (exact) mass is 351 g/mol. The van der Waals surface area contributed by atoms with Crippen LogP contribution in [-0.2, 0) is 11.2 Å². The number of carbonyl (C=O) groups is 1. The number of halogens is 1. The standard InChI is InChI=1S/C21H22FN3O/c1-24-10-11-25(14-20(24)15-6-8-17(22)9-7-15)21(26)12-16-13-23-19-5-3-2-4-18(16)19/h2-9,13,20,23H,10-12,14H2,1H3. The summed E-state index contributed by atoms with van der Waals surface area (Å²) in [5, 5.41) is 1.10. The highest BCUT2D eigenvalue weighted by atomic mass is 19.1. The van der Waals surface area contributed by atoms with Crippen molar-refractivity contribution in [3.8, 4) is 0 Å². The van der Waals surface area contributed by atoms with Gasteiger partial charge in [-0.2, -0.15) is 0 Å². The van der Waals surface area contributed by atoms with Gasteiger partial charge in [0.25, 0.3) is 0 Å². The van der Waals surface area contributed by atoms with Crippen LogP contribution in [0.4, 0.5) is 4.39 Å². The lowest BCUT2D eigenvalue weighted by Gasteiger charge is -2.39. The van der Waals surface area contributed by atoms with E-state index in [9.17, 15) is 9.18 Å². The van der Waals surface area contributed by atoms with Gasteiger partial charge in [0.1, 0.15) is 5.82 Å². The zero-order valence-corrected chi connectivity index (χ0v) is 14.8. The van der Waals surface area contributed by atoms with E-state index in [4.69, 9.17) is 0 Å². The first-order chi connectivity index (χ1) is 12.6. The number of nitrogens with one attached hydrogen (secondary N) is 1. The van der Waals surface area contributed by atoms with Crippen LogP contribution in [0.25, 0.3) is 10.9 Å². The van der Waals surface area contributed by atoms with Crippen molar-refractivity contribution in [3.05, 3.63) is 71.7 Å². The Bertz CT molecular complexity index is 918. The molecule has 0 saturated carbocycles. The van der Waals surface area contributed by atoms with Gasteiger partial charge in [-0.15, -0.1) is 0 Å². The van der Waals surface area contributed by atoms with E-state index >= 15 is 0 Å². The summed E-state index contributed by atoms with van der Waals surface area (Å²) in [4.78, 5) is 20.3. The van der Waals surface area contributed by atoms with Crippen LogP contribution in [0.5, 0.6) is 0 Å². The lowest BCUT2D eigenvalue weighted by molar-refractivity contribution is -0.133. The molecule has 4 rings (SSSR count). The SMILES string of the molecule is CN1CCN(C(=O)Cc2c[nH]c3ccccc23)CC1c1ccc(F)cc1. The van der Waals surface area contributed by atoms with E-state index < -0.39 is 0 Å². The fraction of sp³-hybridized carbons (Fsp3) is 0.286. The zero-order valence-electron chi connectivity index (χ0n) is 14.8. The van der Waals surface area contributed by atoms with Crippen LogP contribution in [0.15, 0.2) is 54.7 Å².